The molecule has 0 spiro atoms. The molecule has 0 bridgehead atoms. The van der Waals surface area contributed by atoms with Crippen molar-refractivity contribution in [1.82, 2.24) is 4.90 Å². The molecule has 2 aliphatic heterocycles. The topological polar surface area (TPSA) is 38.5 Å². The van der Waals surface area contributed by atoms with Gasteiger partial charge in [-0.2, -0.15) is 0 Å². The molecule has 0 aromatic carbocycles. The van der Waals surface area contributed by atoms with E-state index in [-0.39, 0.29) is 0 Å². The average molecular weight is 184 g/mol. The number of hydrogen-bond acceptors (Lipinski definition) is 3. The Bertz CT molecular complexity index is 168. The monoisotopic (exact) mass is 184 g/mol. The van der Waals surface area contributed by atoms with Crippen LogP contribution in [-0.2, 0) is 4.74 Å². The molecule has 3 unspecified atom stereocenters. The van der Waals surface area contributed by atoms with Crippen LogP contribution in [0.3, 0.4) is 0 Å². The van der Waals surface area contributed by atoms with Crippen LogP contribution in [0.5, 0.6) is 0 Å². The van der Waals surface area contributed by atoms with Crippen molar-refractivity contribution < 1.29 is 4.74 Å². The molecule has 3 heteroatoms. The molecule has 0 aromatic heterocycles. The zero-order valence-corrected chi connectivity index (χ0v) is 8.41. The van der Waals surface area contributed by atoms with E-state index in [1.807, 2.05) is 0 Å². The lowest BCUT2D eigenvalue weighted by Gasteiger charge is -2.40. The second kappa shape index (κ2) is 3.95. The summed E-state index contributed by atoms with van der Waals surface area (Å²) in [6, 6.07) is 1.73. The molecule has 2 heterocycles. The first-order valence-electron chi connectivity index (χ1n) is 5.36. The number of likely N-dealkylation sites (tertiary alicyclic amines) is 1. The van der Waals surface area contributed by atoms with Crippen molar-refractivity contribution >= 4 is 0 Å². The van der Waals surface area contributed by atoms with Crippen molar-refractivity contribution in [3.05, 3.63) is 0 Å². The summed E-state index contributed by atoms with van der Waals surface area (Å²) >= 11 is 0. The Balaban J connectivity index is 1.94. The predicted molar refractivity (Wildman–Crippen MR) is 52.6 cm³/mol. The van der Waals surface area contributed by atoms with Gasteiger partial charge in [0.15, 0.2) is 0 Å². The molecule has 0 radical (unpaired) electrons. The van der Waals surface area contributed by atoms with Gasteiger partial charge in [0, 0.05) is 31.3 Å². The maximum absolute atomic E-state index is 5.97. The third-order valence-corrected chi connectivity index (χ3v) is 3.34. The van der Waals surface area contributed by atoms with Crippen molar-refractivity contribution in [2.24, 2.45) is 5.73 Å². The molecule has 76 valence electrons. The summed E-state index contributed by atoms with van der Waals surface area (Å²) in [5.41, 5.74) is 5.97. The second-order valence-corrected chi connectivity index (χ2v) is 4.40. The molecule has 2 N–H and O–H groups in total. The summed E-state index contributed by atoms with van der Waals surface area (Å²) < 4.78 is 5.41. The van der Waals surface area contributed by atoms with Gasteiger partial charge >= 0.3 is 0 Å². The fraction of sp³-hybridized carbons (Fsp3) is 1.00. The van der Waals surface area contributed by atoms with E-state index in [1.165, 1.54) is 19.3 Å². The van der Waals surface area contributed by atoms with Gasteiger partial charge in [-0.05, 0) is 26.2 Å². The van der Waals surface area contributed by atoms with Crippen LogP contribution in [0.1, 0.15) is 26.2 Å². The van der Waals surface area contributed by atoms with Crippen molar-refractivity contribution in [3.63, 3.8) is 0 Å². The molecule has 0 aliphatic carbocycles. The second-order valence-electron chi connectivity index (χ2n) is 4.40. The molecular weight excluding hydrogens is 164 g/mol. The molecule has 13 heavy (non-hydrogen) atoms. The van der Waals surface area contributed by atoms with E-state index < -0.39 is 0 Å². The summed E-state index contributed by atoms with van der Waals surface area (Å²) in [4.78, 5) is 2.54. The Morgan fingerprint density at radius 3 is 2.85 bits per heavy atom. The number of piperidine rings is 1. The zero-order valence-electron chi connectivity index (χ0n) is 8.41. The highest BCUT2D eigenvalue weighted by molar-refractivity contribution is 4.87. The van der Waals surface area contributed by atoms with Crippen LogP contribution in [-0.4, -0.2) is 42.8 Å². The van der Waals surface area contributed by atoms with E-state index in [4.69, 9.17) is 10.5 Å². The minimum atomic E-state index is 0.386. The average Bonchev–Trinajstić information content (AvgIpc) is 2.61. The smallest absolute Gasteiger partial charge is 0.0622 e. The van der Waals surface area contributed by atoms with Gasteiger partial charge in [-0.15, -0.1) is 0 Å². The van der Waals surface area contributed by atoms with E-state index in [0.717, 1.165) is 19.8 Å². The Labute approximate surface area is 80.2 Å². The van der Waals surface area contributed by atoms with Gasteiger partial charge in [-0.1, -0.05) is 0 Å². The lowest BCUT2D eigenvalue weighted by atomic mass is 9.97. The third-order valence-electron chi connectivity index (χ3n) is 3.34. The number of ether oxygens (including phenoxy) is 1. The van der Waals surface area contributed by atoms with Gasteiger partial charge in [-0.25, -0.2) is 0 Å². The van der Waals surface area contributed by atoms with Crippen molar-refractivity contribution in [2.45, 2.75) is 44.3 Å². The van der Waals surface area contributed by atoms with E-state index in [2.05, 4.69) is 11.8 Å². The van der Waals surface area contributed by atoms with Gasteiger partial charge < -0.3 is 10.5 Å². The molecule has 2 fully saturated rings. The fourth-order valence-electron chi connectivity index (χ4n) is 2.46. The molecule has 3 atom stereocenters. The van der Waals surface area contributed by atoms with Gasteiger partial charge in [0.2, 0.25) is 0 Å². The number of hydrogen-bond donors (Lipinski definition) is 1. The van der Waals surface area contributed by atoms with E-state index in [1.54, 1.807) is 0 Å². The summed E-state index contributed by atoms with van der Waals surface area (Å²) in [7, 11) is 0. The lowest BCUT2D eigenvalue weighted by molar-refractivity contribution is 0.0801. The molecule has 2 rings (SSSR count). The predicted octanol–water partition coefficient (Wildman–Crippen LogP) is 0.587. The zero-order chi connectivity index (χ0) is 9.26. The highest BCUT2D eigenvalue weighted by Gasteiger charge is 2.31. The minimum absolute atomic E-state index is 0.386. The lowest BCUT2D eigenvalue weighted by Crippen LogP contribution is -2.52. The van der Waals surface area contributed by atoms with Crippen LogP contribution in [0, 0.1) is 0 Å². The summed E-state index contributed by atoms with van der Waals surface area (Å²) in [6.07, 6.45) is 3.62. The van der Waals surface area contributed by atoms with E-state index >= 15 is 0 Å². The number of nitrogens with two attached hydrogens (primary N) is 1. The van der Waals surface area contributed by atoms with Crippen LogP contribution in [0.15, 0.2) is 0 Å². The quantitative estimate of drug-likeness (QED) is 0.648. The highest BCUT2D eigenvalue weighted by atomic mass is 16.5. The van der Waals surface area contributed by atoms with Gasteiger partial charge in [-0.3, -0.25) is 4.90 Å². The number of nitrogens with zero attached hydrogens (tertiary/aromatic N) is 1. The Morgan fingerprint density at radius 2 is 2.15 bits per heavy atom. The van der Waals surface area contributed by atoms with E-state index in [0.29, 0.717) is 18.1 Å². The summed E-state index contributed by atoms with van der Waals surface area (Å²) in [5.74, 6) is 0. The molecule has 2 saturated heterocycles. The molecule has 0 aromatic rings. The SMILES string of the molecule is CC1CCC(N)CN1C1CCOC1. The maximum atomic E-state index is 5.97. The molecule has 0 amide bonds. The molecule has 2 aliphatic rings. The standard InChI is InChI=1S/C10H20N2O/c1-8-2-3-9(11)6-12(8)10-4-5-13-7-10/h8-10H,2-7,11H2,1H3. The maximum Gasteiger partial charge on any atom is 0.0622 e. The van der Waals surface area contributed by atoms with Crippen molar-refractivity contribution in [2.75, 3.05) is 19.8 Å². The normalized spacial score (nSPS) is 42.5. The highest BCUT2D eigenvalue weighted by Crippen LogP contribution is 2.22. The Hall–Kier alpha value is -0.120. The van der Waals surface area contributed by atoms with Crippen LogP contribution in [0.25, 0.3) is 0 Å². The van der Waals surface area contributed by atoms with Crippen LogP contribution in [0.4, 0.5) is 0 Å². The van der Waals surface area contributed by atoms with Gasteiger partial charge in [0.25, 0.3) is 0 Å². The summed E-state index contributed by atoms with van der Waals surface area (Å²) in [6.45, 7) is 5.22. The largest absolute Gasteiger partial charge is 0.380 e. The molecule has 0 saturated carbocycles. The van der Waals surface area contributed by atoms with Crippen LogP contribution in [0.2, 0.25) is 0 Å². The van der Waals surface area contributed by atoms with Gasteiger partial charge in [0.1, 0.15) is 0 Å². The fourth-order valence-corrected chi connectivity index (χ4v) is 2.46. The van der Waals surface area contributed by atoms with Crippen LogP contribution < -0.4 is 5.73 Å². The Morgan fingerprint density at radius 1 is 1.31 bits per heavy atom. The third kappa shape index (κ3) is 2.03. The Kier molecular flexibility index (Phi) is 2.86. The molecule has 3 nitrogen and oxygen atoms in total. The van der Waals surface area contributed by atoms with Crippen molar-refractivity contribution in [1.29, 1.82) is 0 Å². The first kappa shape index (κ1) is 9.44. The molecular formula is C10H20N2O. The number of rotatable bonds is 1. The minimum Gasteiger partial charge on any atom is -0.380 e. The first-order valence-corrected chi connectivity index (χ1v) is 5.36. The van der Waals surface area contributed by atoms with E-state index in [9.17, 15) is 0 Å². The van der Waals surface area contributed by atoms with Gasteiger partial charge in [0.05, 0.1) is 6.61 Å². The first-order chi connectivity index (χ1) is 6.27. The summed E-state index contributed by atoms with van der Waals surface area (Å²) in [5, 5.41) is 0. The van der Waals surface area contributed by atoms with Crippen LogP contribution >= 0.6 is 0 Å². The van der Waals surface area contributed by atoms with Crippen molar-refractivity contribution in [3.8, 4) is 0 Å².